The lowest BCUT2D eigenvalue weighted by molar-refractivity contribution is -0.136. The van der Waals surface area contributed by atoms with Crippen molar-refractivity contribution in [2.75, 3.05) is 6.54 Å². The van der Waals surface area contributed by atoms with Crippen LogP contribution in [0.15, 0.2) is 91.0 Å². The van der Waals surface area contributed by atoms with E-state index in [1.807, 2.05) is 18.2 Å². The second-order valence-electron chi connectivity index (χ2n) is 9.74. The molecule has 0 amide bonds. The lowest BCUT2D eigenvalue weighted by Crippen LogP contribution is -2.31. The molecule has 1 aliphatic rings. The Labute approximate surface area is 212 Å². The monoisotopic (exact) mass is 479 g/mol. The second kappa shape index (κ2) is 11.0. The molecule has 0 saturated carbocycles. The molecule has 4 aromatic rings. The third kappa shape index (κ3) is 5.44. The number of aryl methyl sites for hydroxylation is 1. The summed E-state index contributed by atoms with van der Waals surface area (Å²) in [5.74, 6) is 0.430. The Balaban J connectivity index is 1.28. The molecule has 1 heterocycles. The molecule has 0 bridgehead atoms. The quantitative estimate of drug-likeness (QED) is 0.275. The predicted molar refractivity (Wildman–Crippen MR) is 145 cm³/mol. The molecule has 1 aliphatic heterocycles. The van der Waals surface area contributed by atoms with E-state index in [1.165, 1.54) is 27.5 Å². The standard InChI is InChI=1S/C32H33NO3/c1-22(27-14-7-10-24-9-2-3-12-28(24)27)33-19-18-26-21-30(29-13-4-5-15-31(29)36-26)25-11-6-8-23(20-25)16-17-32(34)35/h2-15,20,22,26,30,33H,16-19,21H2,1H3,(H,34,35). The van der Waals surface area contributed by atoms with Crippen molar-refractivity contribution >= 4 is 16.7 Å². The summed E-state index contributed by atoms with van der Waals surface area (Å²) in [6.07, 6.45) is 2.63. The molecule has 0 saturated heterocycles. The molecule has 2 N–H and O–H groups in total. The first kappa shape index (κ1) is 24.1. The van der Waals surface area contributed by atoms with Crippen LogP contribution < -0.4 is 10.1 Å². The number of nitrogens with one attached hydrogen (secondary N) is 1. The first-order chi connectivity index (χ1) is 17.6. The molecular weight excluding hydrogens is 446 g/mol. The number of para-hydroxylation sites is 1. The highest BCUT2D eigenvalue weighted by atomic mass is 16.5. The fourth-order valence-corrected chi connectivity index (χ4v) is 5.40. The van der Waals surface area contributed by atoms with Gasteiger partial charge in [0.15, 0.2) is 0 Å². The summed E-state index contributed by atoms with van der Waals surface area (Å²) in [4.78, 5) is 11.0. The Bertz CT molecular complexity index is 1340. The maximum Gasteiger partial charge on any atom is 0.303 e. The maximum absolute atomic E-state index is 11.0. The average molecular weight is 480 g/mol. The number of ether oxygens (including phenoxy) is 1. The Hall–Kier alpha value is -3.63. The van der Waals surface area contributed by atoms with Gasteiger partial charge in [0, 0.05) is 23.9 Å². The topological polar surface area (TPSA) is 58.6 Å². The minimum absolute atomic E-state index is 0.111. The number of carboxylic acid groups (broad SMARTS) is 1. The van der Waals surface area contributed by atoms with E-state index in [9.17, 15) is 4.79 Å². The molecule has 3 atom stereocenters. The predicted octanol–water partition coefficient (Wildman–Crippen LogP) is 6.88. The number of carbonyl (C=O) groups is 1. The number of hydrogen-bond donors (Lipinski definition) is 2. The summed E-state index contributed by atoms with van der Waals surface area (Å²) in [6, 6.07) is 32.0. The van der Waals surface area contributed by atoms with E-state index in [1.54, 1.807) is 0 Å². The van der Waals surface area contributed by atoms with Crippen molar-refractivity contribution in [3.63, 3.8) is 0 Å². The minimum atomic E-state index is -0.762. The van der Waals surface area contributed by atoms with Crippen LogP contribution in [0.5, 0.6) is 5.75 Å². The summed E-state index contributed by atoms with van der Waals surface area (Å²) >= 11 is 0. The van der Waals surface area contributed by atoms with Crippen molar-refractivity contribution in [2.24, 2.45) is 0 Å². The van der Waals surface area contributed by atoms with Crippen LogP contribution in [-0.4, -0.2) is 23.7 Å². The number of rotatable bonds is 9. The molecule has 0 aromatic heterocycles. The van der Waals surface area contributed by atoms with Gasteiger partial charge in [-0.25, -0.2) is 0 Å². The molecule has 5 rings (SSSR count). The van der Waals surface area contributed by atoms with Gasteiger partial charge in [-0.1, -0.05) is 84.9 Å². The molecule has 4 nitrogen and oxygen atoms in total. The van der Waals surface area contributed by atoms with Gasteiger partial charge < -0.3 is 15.2 Å². The molecule has 4 aromatic carbocycles. The number of benzene rings is 4. The van der Waals surface area contributed by atoms with Crippen molar-refractivity contribution in [1.29, 1.82) is 0 Å². The van der Waals surface area contributed by atoms with Gasteiger partial charge in [-0.05, 0) is 66.3 Å². The molecule has 0 spiro atoms. The normalized spacial score (nSPS) is 17.8. The smallest absolute Gasteiger partial charge is 0.303 e. The number of carboxylic acids is 1. The van der Waals surface area contributed by atoms with Gasteiger partial charge in [0.1, 0.15) is 11.9 Å². The zero-order chi connectivity index (χ0) is 24.9. The summed E-state index contributed by atoms with van der Waals surface area (Å²) < 4.78 is 6.43. The second-order valence-corrected chi connectivity index (χ2v) is 9.74. The van der Waals surface area contributed by atoms with E-state index >= 15 is 0 Å². The van der Waals surface area contributed by atoms with E-state index in [0.29, 0.717) is 6.42 Å². The highest BCUT2D eigenvalue weighted by Gasteiger charge is 2.29. The highest BCUT2D eigenvalue weighted by molar-refractivity contribution is 5.86. The number of hydrogen-bond acceptors (Lipinski definition) is 3. The van der Waals surface area contributed by atoms with Crippen molar-refractivity contribution in [1.82, 2.24) is 5.32 Å². The fourth-order valence-electron chi connectivity index (χ4n) is 5.40. The van der Waals surface area contributed by atoms with Gasteiger partial charge in [-0.3, -0.25) is 4.79 Å². The fraction of sp³-hybridized carbons (Fsp3) is 0.281. The minimum Gasteiger partial charge on any atom is -0.490 e. The number of aliphatic carboxylic acids is 1. The molecule has 36 heavy (non-hydrogen) atoms. The van der Waals surface area contributed by atoms with Gasteiger partial charge >= 0.3 is 5.97 Å². The average Bonchev–Trinajstić information content (AvgIpc) is 2.91. The third-order valence-corrected chi connectivity index (χ3v) is 7.27. The Morgan fingerprint density at radius 2 is 1.78 bits per heavy atom. The molecule has 184 valence electrons. The van der Waals surface area contributed by atoms with Gasteiger partial charge in [0.05, 0.1) is 0 Å². The van der Waals surface area contributed by atoms with Crippen LogP contribution in [0, 0.1) is 0 Å². The zero-order valence-electron chi connectivity index (χ0n) is 20.7. The van der Waals surface area contributed by atoms with Gasteiger partial charge in [-0.2, -0.15) is 0 Å². The van der Waals surface area contributed by atoms with E-state index in [0.717, 1.165) is 30.7 Å². The molecular formula is C32H33NO3. The van der Waals surface area contributed by atoms with Crippen LogP contribution in [0.25, 0.3) is 10.8 Å². The van der Waals surface area contributed by atoms with Crippen molar-refractivity contribution in [3.8, 4) is 5.75 Å². The Kier molecular flexibility index (Phi) is 7.33. The first-order valence-electron chi connectivity index (χ1n) is 12.9. The lowest BCUT2D eigenvalue weighted by Gasteiger charge is -2.33. The van der Waals surface area contributed by atoms with E-state index in [4.69, 9.17) is 9.84 Å². The Morgan fingerprint density at radius 1 is 1.00 bits per heavy atom. The van der Waals surface area contributed by atoms with Crippen LogP contribution in [0.3, 0.4) is 0 Å². The third-order valence-electron chi connectivity index (χ3n) is 7.27. The molecule has 0 aliphatic carbocycles. The molecule has 3 unspecified atom stereocenters. The number of fused-ring (bicyclic) bond motifs is 2. The first-order valence-corrected chi connectivity index (χ1v) is 12.9. The van der Waals surface area contributed by atoms with Gasteiger partial charge in [-0.15, -0.1) is 0 Å². The zero-order valence-corrected chi connectivity index (χ0v) is 20.7. The van der Waals surface area contributed by atoms with E-state index in [2.05, 4.69) is 85.0 Å². The summed E-state index contributed by atoms with van der Waals surface area (Å²) in [7, 11) is 0. The SMILES string of the molecule is CC(NCCC1CC(c2cccc(CCC(=O)O)c2)c2ccccc2O1)c1cccc2ccccc12. The van der Waals surface area contributed by atoms with Gasteiger partial charge in [0.2, 0.25) is 0 Å². The van der Waals surface area contributed by atoms with E-state index in [-0.39, 0.29) is 24.5 Å². The van der Waals surface area contributed by atoms with E-state index < -0.39 is 5.97 Å². The molecule has 0 radical (unpaired) electrons. The van der Waals surface area contributed by atoms with Crippen LogP contribution in [0.1, 0.15) is 60.4 Å². The van der Waals surface area contributed by atoms with Crippen LogP contribution in [0.4, 0.5) is 0 Å². The summed E-state index contributed by atoms with van der Waals surface area (Å²) in [6.45, 7) is 3.09. The van der Waals surface area contributed by atoms with Crippen LogP contribution in [0.2, 0.25) is 0 Å². The highest BCUT2D eigenvalue weighted by Crippen LogP contribution is 2.41. The van der Waals surface area contributed by atoms with Gasteiger partial charge in [0.25, 0.3) is 0 Å². The van der Waals surface area contributed by atoms with Crippen molar-refractivity contribution < 1.29 is 14.6 Å². The maximum atomic E-state index is 11.0. The van der Waals surface area contributed by atoms with Crippen molar-refractivity contribution in [2.45, 2.75) is 50.7 Å². The van der Waals surface area contributed by atoms with Crippen LogP contribution in [-0.2, 0) is 11.2 Å². The largest absolute Gasteiger partial charge is 0.490 e. The van der Waals surface area contributed by atoms with Crippen LogP contribution >= 0.6 is 0 Å². The molecule has 4 heteroatoms. The molecule has 0 fully saturated rings. The van der Waals surface area contributed by atoms with Crippen molar-refractivity contribution in [3.05, 3.63) is 113 Å². The lowest BCUT2D eigenvalue weighted by atomic mass is 9.83. The summed E-state index contributed by atoms with van der Waals surface area (Å²) in [5.41, 5.74) is 4.83. The Morgan fingerprint density at radius 3 is 2.67 bits per heavy atom. The summed E-state index contributed by atoms with van der Waals surface area (Å²) in [5, 5.41) is 15.4.